The molecule has 19 heavy (non-hydrogen) atoms. The molecule has 1 unspecified atom stereocenters. The van der Waals surface area contributed by atoms with Crippen LogP contribution < -0.4 is 5.32 Å². The summed E-state index contributed by atoms with van der Waals surface area (Å²) in [6, 6.07) is 0. The Kier molecular flexibility index (Phi) is 4.81. The van der Waals surface area contributed by atoms with Crippen LogP contribution in [0, 0.1) is 0 Å². The van der Waals surface area contributed by atoms with E-state index in [0.717, 1.165) is 10.8 Å². The topological polar surface area (TPSA) is 67.2 Å². The highest BCUT2D eigenvalue weighted by Crippen LogP contribution is 2.40. The van der Waals surface area contributed by atoms with Gasteiger partial charge in [-0.3, -0.25) is 4.79 Å². The van der Waals surface area contributed by atoms with Gasteiger partial charge in [-0.15, -0.1) is 11.6 Å². The number of imidazole rings is 1. The largest absolute Gasteiger partial charge is 0.424 e. The fourth-order valence-electron chi connectivity index (χ4n) is 1.57. The second-order valence-electron chi connectivity index (χ2n) is 3.95. The lowest BCUT2D eigenvalue weighted by Crippen LogP contribution is -2.46. The first-order valence-electron chi connectivity index (χ1n) is 5.32. The molecular formula is C10H13ClF3N3O2. The van der Waals surface area contributed by atoms with Crippen LogP contribution in [-0.4, -0.2) is 39.2 Å². The molecule has 0 bridgehead atoms. The summed E-state index contributed by atoms with van der Waals surface area (Å²) in [4.78, 5) is 14.4. The van der Waals surface area contributed by atoms with E-state index in [2.05, 4.69) is 10.3 Å². The van der Waals surface area contributed by atoms with Gasteiger partial charge >= 0.3 is 6.18 Å². The molecule has 0 aliphatic rings. The van der Waals surface area contributed by atoms with Gasteiger partial charge in [-0.2, -0.15) is 13.2 Å². The van der Waals surface area contributed by atoms with Crippen LogP contribution in [0.3, 0.4) is 0 Å². The molecule has 1 heterocycles. The Balaban J connectivity index is 2.90. The fraction of sp³-hybridized carbons (Fsp3) is 0.600. The molecule has 1 atom stereocenters. The van der Waals surface area contributed by atoms with Crippen LogP contribution >= 0.6 is 11.6 Å². The Bertz CT molecular complexity index is 449. The van der Waals surface area contributed by atoms with Gasteiger partial charge in [0, 0.05) is 32.4 Å². The number of carbonyl (C=O) groups is 1. The molecule has 5 nitrogen and oxygen atoms in total. The fourth-order valence-corrected chi connectivity index (χ4v) is 1.67. The van der Waals surface area contributed by atoms with Crippen molar-refractivity contribution in [2.45, 2.75) is 18.2 Å². The van der Waals surface area contributed by atoms with Gasteiger partial charge in [-0.05, 0) is 0 Å². The van der Waals surface area contributed by atoms with Crippen molar-refractivity contribution in [3.63, 3.8) is 0 Å². The third-order valence-electron chi connectivity index (χ3n) is 2.59. The van der Waals surface area contributed by atoms with E-state index in [4.69, 9.17) is 11.6 Å². The minimum absolute atomic E-state index is 0.354. The van der Waals surface area contributed by atoms with E-state index >= 15 is 0 Å². The number of hydrogen-bond acceptors (Lipinski definition) is 3. The van der Waals surface area contributed by atoms with Gasteiger partial charge in [0.1, 0.15) is 11.7 Å². The second kappa shape index (κ2) is 5.79. The monoisotopic (exact) mass is 299 g/mol. The van der Waals surface area contributed by atoms with Gasteiger partial charge in [0.25, 0.3) is 0 Å². The first-order chi connectivity index (χ1) is 8.72. The first kappa shape index (κ1) is 15.8. The molecule has 0 radical (unpaired) electrons. The molecular weight excluding hydrogens is 287 g/mol. The van der Waals surface area contributed by atoms with E-state index in [1.807, 2.05) is 0 Å². The van der Waals surface area contributed by atoms with Crippen molar-refractivity contribution >= 4 is 17.5 Å². The number of halogens is 4. The SMILES string of the molecule is Cn1ccnc1C(O)(CCNC(=O)CCl)C(F)(F)F. The lowest BCUT2D eigenvalue weighted by atomic mass is 9.97. The number of aryl methyl sites for hydroxylation is 1. The number of amides is 1. The first-order valence-corrected chi connectivity index (χ1v) is 5.85. The van der Waals surface area contributed by atoms with Gasteiger partial charge < -0.3 is 15.0 Å². The van der Waals surface area contributed by atoms with Crippen molar-refractivity contribution in [2.75, 3.05) is 12.4 Å². The molecule has 1 amide bonds. The van der Waals surface area contributed by atoms with Crippen LogP contribution in [0.2, 0.25) is 0 Å². The standard InChI is InChI=1S/C10H13ClF3N3O2/c1-17-5-4-16-8(17)9(19,10(12,13)14)2-3-15-7(18)6-11/h4-5,19H,2-3,6H2,1H3,(H,15,18). The van der Waals surface area contributed by atoms with Gasteiger partial charge in [0.15, 0.2) is 0 Å². The third kappa shape index (κ3) is 3.38. The van der Waals surface area contributed by atoms with E-state index < -0.39 is 29.9 Å². The van der Waals surface area contributed by atoms with Crippen LogP contribution in [0.25, 0.3) is 0 Å². The van der Waals surface area contributed by atoms with Gasteiger partial charge in [-0.1, -0.05) is 0 Å². The Labute approximate surface area is 112 Å². The van der Waals surface area contributed by atoms with Crippen molar-refractivity contribution in [2.24, 2.45) is 7.05 Å². The number of nitrogens with one attached hydrogen (secondary N) is 1. The van der Waals surface area contributed by atoms with Crippen LogP contribution in [-0.2, 0) is 17.4 Å². The summed E-state index contributed by atoms with van der Waals surface area (Å²) in [5.74, 6) is -1.49. The Morgan fingerprint density at radius 1 is 1.58 bits per heavy atom. The highest BCUT2D eigenvalue weighted by atomic mass is 35.5. The van der Waals surface area contributed by atoms with Crippen LogP contribution in [0.4, 0.5) is 13.2 Å². The maximum absolute atomic E-state index is 13.0. The lowest BCUT2D eigenvalue weighted by molar-refractivity contribution is -0.272. The van der Waals surface area contributed by atoms with Crippen molar-refractivity contribution < 1.29 is 23.1 Å². The second-order valence-corrected chi connectivity index (χ2v) is 4.22. The molecule has 1 aromatic rings. The quantitative estimate of drug-likeness (QED) is 0.794. The zero-order valence-corrected chi connectivity index (χ0v) is 10.8. The summed E-state index contributed by atoms with van der Waals surface area (Å²) in [7, 11) is 1.34. The Hall–Kier alpha value is -1.28. The third-order valence-corrected chi connectivity index (χ3v) is 2.83. The number of hydrogen-bond donors (Lipinski definition) is 2. The Morgan fingerprint density at radius 3 is 2.63 bits per heavy atom. The molecule has 1 rings (SSSR count). The number of alkyl halides is 4. The molecule has 0 saturated heterocycles. The van der Waals surface area contributed by atoms with E-state index in [1.54, 1.807) is 0 Å². The number of nitrogens with zero attached hydrogens (tertiary/aromatic N) is 2. The predicted octanol–water partition coefficient (Wildman–Crippen LogP) is 0.915. The summed E-state index contributed by atoms with van der Waals surface area (Å²) >= 11 is 5.20. The molecule has 1 aromatic heterocycles. The van der Waals surface area contributed by atoms with Crippen molar-refractivity contribution in [1.29, 1.82) is 0 Å². The molecule has 0 aliphatic carbocycles. The van der Waals surface area contributed by atoms with Gasteiger partial charge in [-0.25, -0.2) is 4.98 Å². The summed E-state index contributed by atoms with van der Waals surface area (Å²) in [6.07, 6.45) is -3.20. The smallest absolute Gasteiger partial charge is 0.374 e. The highest BCUT2D eigenvalue weighted by Gasteiger charge is 2.57. The number of aliphatic hydroxyl groups is 1. The molecule has 108 valence electrons. The van der Waals surface area contributed by atoms with Crippen molar-refractivity contribution in [1.82, 2.24) is 14.9 Å². The average molecular weight is 300 g/mol. The molecule has 0 aliphatic heterocycles. The summed E-state index contributed by atoms with van der Waals surface area (Å²) in [5.41, 5.74) is -3.12. The molecule has 0 saturated carbocycles. The van der Waals surface area contributed by atoms with Crippen LogP contribution in [0.5, 0.6) is 0 Å². The minimum atomic E-state index is -4.90. The molecule has 0 aromatic carbocycles. The minimum Gasteiger partial charge on any atom is -0.374 e. The van der Waals surface area contributed by atoms with Gasteiger partial charge in [0.2, 0.25) is 11.5 Å². The summed E-state index contributed by atoms with van der Waals surface area (Å²) in [6.45, 7) is -0.367. The van der Waals surface area contributed by atoms with E-state index in [-0.39, 0.29) is 12.4 Å². The van der Waals surface area contributed by atoms with E-state index in [1.165, 1.54) is 13.2 Å². The van der Waals surface area contributed by atoms with Crippen molar-refractivity contribution in [3.05, 3.63) is 18.2 Å². The highest BCUT2D eigenvalue weighted by molar-refractivity contribution is 6.27. The number of carbonyl (C=O) groups excluding carboxylic acids is 1. The average Bonchev–Trinajstić information content (AvgIpc) is 2.73. The van der Waals surface area contributed by atoms with Gasteiger partial charge in [0.05, 0.1) is 0 Å². The molecule has 0 fully saturated rings. The normalized spacial score (nSPS) is 15.1. The lowest BCUT2D eigenvalue weighted by Gasteiger charge is -2.29. The maximum Gasteiger partial charge on any atom is 0.424 e. The van der Waals surface area contributed by atoms with E-state index in [0.29, 0.717) is 0 Å². The Morgan fingerprint density at radius 2 is 2.21 bits per heavy atom. The summed E-state index contributed by atoms with van der Waals surface area (Å²) in [5, 5.41) is 12.1. The number of rotatable bonds is 5. The van der Waals surface area contributed by atoms with Crippen LogP contribution in [0.1, 0.15) is 12.2 Å². The predicted molar refractivity (Wildman–Crippen MR) is 61.5 cm³/mol. The maximum atomic E-state index is 13.0. The molecule has 2 N–H and O–H groups in total. The zero-order chi connectivity index (χ0) is 14.7. The van der Waals surface area contributed by atoms with Crippen LogP contribution in [0.15, 0.2) is 12.4 Å². The zero-order valence-electron chi connectivity index (χ0n) is 10.0. The summed E-state index contributed by atoms with van der Waals surface area (Å²) < 4.78 is 40.1. The molecule has 0 spiro atoms. The number of aromatic nitrogens is 2. The van der Waals surface area contributed by atoms with E-state index in [9.17, 15) is 23.1 Å². The molecule has 9 heteroatoms. The van der Waals surface area contributed by atoms with Crippen molar-refractivity contribution in [3.8, 4) is 0 Å².